The number of ether oxygens (including phenoxy) is 2. The molecular formula is C23H25NO4. The largest absolute Gasteiger partial charge is 0.458 e. The zero-order valence-corrected chi connectivity index (χ0v) is 16.1. The summed E-state index contributed by atoms with van der Waals surface area (Å²) in [7, 11) is 1.79. The third-order valence-corrected chi connectivity index (χ3v) is 5.77. The second-order valence-corrected chi connectivity index (χ2v) is 7.76. The molecule has 2 aromatic rings. The van der Waals surface area contributed by atoms with Crippen LogP contribution in [-0.4, -0.2) is 29.4 Å². The van der Waals surface area contributed by atoms with E-state index in [2.05, 4.69) is 0 Å². The summed E-state index contributed by atoms with van der Waals surface area (Å²) in [4.78, 5) is 26.6. The van der Waals surface area contributed by atoms with Crippen molar-refractivity contribution in [3.8, 4) is 11.5 Å². The Morgan fingerprint density at radius 2 is 1.71 bits per heavy atom. The Balaban J connectivity index is 1.39. The maximum atomic E-state index is 13.0. The molecule has 2 fully saturated rings. The zero-order valence-electron chi connectivity index (χ0n) is 16.1. The first-order chi connectivity index (χ1) is 13.6. The van der Waals surface area contributed by atoms with Crippen LogP contribution in [0.3, 0.4) is 0 Å². The van der Waals surface area contributed by atoms with E-state index in [1.807, 2.05) is 54.6 Å². The Morgan fingerprint density at radius 3 is 2.39 bits per heavy atom. The SMILES string of the molecule is CN(Cc1ccc(Oc2ccccc2)cc1)C(=O)C1CC(=O)OC12CCCC2. The van der Waals surface area contributed by atoms with Crippen molar-refractivity contribution in [2.75, 3.05) is 7.05 Å². The highest BCUT2D eigenvalue weighted by Gasteiger charge is 2.54. The maximum Gasteiger partial charge on any atom is 0.307 e. The molecular weight excluding hydrogens is 354 g/mol. The minimum absolute atomic E-state index is 0.00244. The fraction of sp³-hybridized carbons (Fsp3) is 0.391. The molecule has 2 aliphatic rings. The van der Waals surface area contributed by atoms with Crippen molar-refractivity contribution in [2.45, 2.75) is 44.2 Å². The van der Waals surface area contributed by atoms with Gasteiger partial charge in [0.05, 0.1) is 12.3 Å². The molecule has 0 N–H and O–H groups in total. The molecule has 2 aromatic carbocycles. The summed E-state index contributed by atoms with van der Waals surface area (Å²) in [5, 5.41) is 0. The number of para-hydroxylation sites is 1. The van der Waals surface area contributed by atoms with Gasteiger partial charge in [-0.2, -0.15) is 0 Å². The van der Waals surface area contributed by atoms with Crippen LogP contribution in [0, 0.1) is 5.92 Å². The Kier molecular flexibility index (Phi) is 5.07. The standard InChI is InChI=1S/C23H25NO4/c1-24(22(26)20-15-21(25)28-23(20)13-5-6-14-23)16-17-9-11-19(12-10-17)27-18-7-3-2-4-8-18/h2-4,7-12,20H,5-6,13-16H2,1H3. The van der Waals surface area contributed by atoms with Gasteiger partial charge in [-0.25, -0.2) is 0 Å². The van der Waals surface area contributed by atoms with Crippen LogP contribution in [0.25, 0.3) is 0 Å². The van der Waals surface area contributed by atoms with E-state index in [9.17, 15) is 9.59 Å². The Morgan fingerprint density at radius 1 is 1.07 bits per heavy atom. The molecule has 1 aliphatic heterocycles. The number of rotatable bonds is 5. The third kappa shape index (κ3) is 3.75. The number of carbonyl (C=O) groups excluding carboxylic acids is 2. The van der Waals surface area contributed by atoms with Crippen LogP contribution in [0.2, 0.25) is 0 Å². The molecule has 28 heavy (non-hydrogen) atoms. The van der Waals surface area contributed by atoms with Gasteiger partial charge in [-0.15, -0.1) is 0 Å². The second-order valence-electron chi connectivity index (χ2n) is 7.76. The van der Waals surface area contributed by atoms with Crippen LogP contribution in [0.1, 0.15) is 37.7 Å². The fourth-order valence-electron chi connectivity index (χ4n) is 4.33. The van der Waals surface area contributed by atoms with Gasteiger partial charge < -0.3 is 14.4 Å². The molecule has 4 rings (SSSR count). The van der Waals surface area contributed by atoms with E-state index < -0.39 is 5.60 Å². The summed E-state index contributed by atoms with van der Waals surface area (Å²) in [5.74, 6) is 0.945. The molecule has 0 aromatic heterocycles. The highest BCUT2D eigenvalue weighted by molar-refractivity contribution is 5.87. The van der Waals surface area contributed by atoms with Crippen molar-refractivity contribution in [1.29, 1.82) is 0 Å². The zero-order chi connectivity index (χ0) is 19.6. The quantitative estimate of drug-likeness (QED) is 0.727. The predicted molar refractivity (Wildman–Crippen MR) is 105 cm³/mol. The molecule has 1 unspecified atom stereocenters. The average Bonchev–Trinajstić information content (AvgIpc) is 3.30. The number of nitrogens with zero attached hydrogens (tertiary/aromatic N) is 1. The van der Waals surface area contributed by atoms with Gasteiger partial charge in [0, 0.05) is 13.6 Å². The highest BCUT2D eigenvalue weighted by Crippen LogP contribution is 2.46. The summed E-state index contributed by atoms with van der Waals surface area (Å²) in [5.41, 5.74) is 0.456. The van der Waals surface area contributed by atoms with Gasteiger partial charge in [-0.3, -0.25) is 9.59 Å². The summed E-state index contributed by atoms with van der Waals surface area (Å²) in [6.45, 7) is 0.491. The maximum absolute atomic E-state index is 13.0. The van der Waals surface area contributed by atoms with Crippen molar-refractivity contribution in [3.05, 3.63) is 60.2 Å². The van der Waals surface area contributed by atoms with Crippen LogP contribution in [0.4, 0.5) is 0 Å². The minimum Gasteiger partial charge on any atom is -0.458 e. The first-order valence-electron chi connectivity index (χ1n) is 9.84. The number of carbonyl (C=O) groups is 2. The molecule has 1 saturated carbocycles. The van der Waals surface area contributed by atoms with Crippen LogP contribution >= 0.6 is 0 Å². The van der Waals surface area contributed by atoms with Crippen LogP contribution in [0.15, 0.2) is 54.6 Å². The fourth-order valence-corrected chi connectivity index (χ4v) is 4.33. The highest BCUT2D eigenvalue weighted by atomic mass is 16.6. The normalized spacial score (nSPS) is 20.2. The summed E-state index contributed by atoms with van der Waals surface area (Å²) < 4.78 is 11.4. The van der Waals surface area contributed by atoms with E-state index in [1.165, 1.54) is 0 Å². The lowest BCUT2D eigenvalue weighted by Gasteiger charge is -2.31. The van der Waals surface area contributed by atoms with Crippen molar-refractivity contribution in [1.82, 2.24) is 4.90 Å². The molecule has 1 atom stereocenters. The van der Waals surface area contributed by atoms with Gasteiger partial charge >= 0.3 is 5.97 Å². The number of benzene rings is 2. The minimum atomic E-state index is -0.560. The van der Waals surface area contributed by atoms with Gasteiger partial charge in [0.1, 0.15) is 17.1 Å². The summed E-state index contributed by atoms with van der Waals surface area (Å²) in [6, 6.07) is 17.4. The number of hydrogen-bond donors (Lipinski definition) is 0. The third-order valence-electron chi connectivity index (χ3n) is 5.77. The monoisotopic (exact) mass is 379 g/mol. The summed E-state index contributed by atoms with van der Waals surface area (Å²) in [6.07, 6.45) is 3.84. The van der Waals surface area contributed by atoms with Gasteiger partial charge in [0.2, 0.25) is 5.91 Å². The van der Waals surface area contributed by atoms with Crippen LogP contribution in [-0.2, 0) is 20.9 Å². The Bertz CT molecular complexity index is 841. The van der Waals surface area contributed by atoms with Gasteiger partial charge in [0.15, 0.2) is 0 Å². The Hall–Kier alpha value is -2.82. The lowest BCUT2D eigenvalue weighted by atomic mass is 9.84. The van der Waals surface area contributed by atoms with Crippen molar-refractivity contribution < 1.29 is 19.1 Å². The van der Waals surface area contributed by atoms with E-state index in [0.29, 0.717) is 6.54 Å². The van der Waals surface area contributed by atoms with E-state index in [0.717, 1.165) is 42.7 Å². The predicted octanol–water partition coefficient (Wildman–Crippen LogP) is 4.31. The smallest absolute Gasteiger partial charge is 0.307 e. The Labute approximate surface area is 165 Å². The molecule has 1 amide bonds. The molecule has 1 saturated heterocycles. The van der Waals surface area contributed by atoms with Crippen molar-refractivity contribution in [3.63, 3.8) is 0 Å². The molecule has 0 radical (unpaired) electrons. The number of amides is 1. The van der Waals surface area contributed by atoms with Gasteiger partial charge in [-0.1, -0.05) is 30.3 Å². The molecule has 0 bridgehead atoms. The molecule has 1 heterocycles. The first-order valence-corrected chi connectivity index (χ1v) is 9.84. The molecule has 5 heteroatoms. The van der Waals surface area contributed by atoms with Gasteiger partial charge in [-0.05, 0) is 55.5 Å². The first kappa shape index (κ1) is 18.5. The van der Waals surface area contributed by atoms with Crippen LogP contribution < -0.4 is 4.74 Å². The number of hydrogen-bond acceptors (Lipinski definition) is 4. The van der Waals surface area contributed by atoms with E-state index in [4.69, 9.17) is 9.47 Å². The van der Waals surface area contributed by atoms with Crippen molar-refractivity contribution in [2.24, 2.45) is 5.92 Å². The van der Waals surface area contributed by atoms with E-state index >= 15 is 0 Å². The van der Waals surface area contributed by atoms with E-state index in [-0.39, 0.29) is 24.2 Å². The summed E-state index contributed by atoms with van der Waals surface area (Å²) >= 11 is 0. The lowest BCUT2D eigenvalue weighted by molar-refractivity contribution is -0.151. The lowest BCUT2D eigenvalue weighted by Crippen LogP contribution is -2.43. The molecule has 1 aliphatic carbocycles. The molecule has 1 spiro atoms. The van der Waals surface area contributed by atoms with Crippen molar-refractivity contribution >= 4 is 11.9 Å². The molecule has 5 nitrogen and oxygen atoms in total. The molecule has 146 valence electrons. The van der Waals surface area contributed by atoms with Gasteiger partial charge in [0.25, 0.3) is 0 Å². The second kappa shape index (κ2) is 7.66. The topological polar surface area (TPSA) is 55.8 Å². The average molecular weight is 379 g/mol. The van der Waals surface area contributed by atoms with Crippen LogP contribution in [0.5, 0.6) is 11.5 Å². The number of esters is 1. The van der Waals surface area contributed by atoms with E-state index in [1.54, 1.807) is 11.9 Å².